The molecule has 1 saturated heterocycles. The number of aromatic nitrogens is 1. The summed E-state index contributed by atoms with van der Waals surface area (Å²) in [6.07, 6.45) is -1.09. The van der Waals surface area contributed by atoms with Gasteiger partial charge in [0.25, 0.3) is 0 Å². The van der Waals surface area contributed by atoms with Crippen LogP contribution in [0.5, 0.6) is 11.5 Å². The zero-order chi connectivity index (χ0) is 19.9. The second-order valence-corrected chi connectivity index (χ2v) is 7.61. The molecule has 2 heterocycles. The van der Waals surface area contributed by atoms with Gasteiger partial charge < -0.3 is 25.2 Å². The number of rotatable bonds is 5. The maximum absolute atomic E-state index is 13.8. The maximum atomic E-state index is 13.8. The lowest BCUT2D eigenvalue weighted by Gasteiger charge is -2.29. The van der Waals surface area contributed by atoms with Gasteiger partial charge in [-0.15, -0.1) is 0 Å². The van der Waals surface area contributed by atoms with Crippen molar-refractivity contribution in [3.8, 4) is 11.5 Å². The number of halogens is 1. The highest BCUT2D eigenvalue weighted by Crippen LogP contribution is 2.43. The van der Waals surface area contributed by atoms with Crippen LogP contribution in [0.15, 0.2) is 42.6 Å². The first-order chi connectivity index (χ1) is 13.4. The van der Waals surface area contributed by atoms with Gasteiger partial charge in [0.15, 0.2) is 11.6 Å². The Bertz CT molecular complexity index is 836. The number of pyridine rings is 1. The number of nitrogens with zero attached hydrogens (tertiary/aromatic N) is 2. The van der Waals surface area contributed by atoms with Crippen LogP contribution in [0.25, 0.3) is 0 Å². The molecular weight excluding hydrogens is 367 g/mol. The molecule has 1 aliphatic heterocycles. The van der Waals surface area contributed by atoms with Gasteiger partial charge in [-0.3, -0.25) is 9.88 Å². The molecule has 0 bridgehead atoms. The van der Waals surface area contributed by atoms with E-state index in [2.05, 4.69) is 4.98 Å². The molecule has 4 N–H and O–H groups in total. The number of ether oxygens (including phenoxy) is 1. The predicted octanol–water partition coefficient (Wildman–Crippen LogP) is 0.835. The average molecular weight is 390 g/mol. The minimum Gasteiger partial charge on any atom is -0.506 e. The third-order valence-corrected chi connectivity index (χ3v) is 5.70. The van der Waals surface area contributed by atoms with E-state index in [0.717, 1.165) is 0 Å². The van der Waals surface area contributed by atoms with Crippen LogP contribution in [-0.2, 0) is 0 Å². The molecule has 2 aromatic rings. The summed E-state index contributed by atoms with van der Waals surface area (Å²) in [7, 11) is 0. The number of likely N-dealkylation sites (tertiary alicyclic amines) is 1. The normalized spacial score (nSPS) is 30.9. The van der Waals surface area contributed by atoms with Crippen molar-refractivity contribution in [3.05, 3.63) is 54.1 Å². The van der Waals surface area contributed by atoms with E-state index in [9.17, 15) is 24.8 Å². The summed E-state index contributed by atoms with van der Waals surface area (Å²) in [6.45, 7) is 0.882. The van der Waals surface area contributed by atoms with Crippen molar-refractivity contribution in [1.29, 1.82) is 0 Å². The lowest BCUT2D eigenvalue weighted by atomic mass is 9.93. The molecule has 8 heteroatoms. The van der Waals surface area contributed by atoms with E-state index in [0.29, 0.717) is 18.7 Å². The van der Waals surface area contributed by atoms with E-state index in [1.165, 1.54) is 24.4 Å². The molecule has 4 rings (SSSR count). The summed E-state index contributed by atoms with van der Waals surface area (Å²) in [6, 6.07) is 8.97. The quantitative estimate of drug-likeness (QED) is 0.599. The molecule has 1 aliphatic carbocycles. The van der Waals surface area contributed by atoms with Gasteiger partial charge in [0.05, 0.1) is 11.9 Å². The van der Waals surface area contributed by atoms with Crippen LogP contribution < -0.4 is 4.74 Å². The van der Waals surface area contributed by atoms with Crippen molar-refractivity contribution >= 4 is 0 Å². The molecule has 2 fully saturated rings. The van der Waals surface area contributed by atoms with E-state index < -0.39 is 29.7 Å². The molecule has 1 aromatic heterocycles. The van der Waals surface area contributed by atoms with Crippen molar-refractivity contribution < 1.29 is 29.6 Å². The molecule has 2 aliphatic rings. The Balaban J connectivity index is 1.39. The van der Waals surface area contributed by atoms with E-state index in [-0.39, 0.29) is 30.5 Å². The molecule has 7 nitrogen and oxygen atoms in total. The van der Waals surface area contributed by atoms with Crippen molar-refractivity contribution in [2.45, 2.75) is 30.3 Å². The Kier molecular flexibility index (Phi) is 4.96. The fourth-order valence-electron chi connectivity index (χ4n) is 4.25. The third-order valence-electron chi connectivity index (χ3n) is 5.70. The molecule has 1 saturated carbocycles. The number of fused-ring (bicyclic) bond motifs is 1. The average Bonchev–Trinajstić information content (AvgIpc) is 3.09. The van der Waals surface area contributed by atoms with E-state index in [1.54, 1.807) is 18.2 Å². The minimum absolute atomic E-state index is 0.0185. The Morgan fingerprint density at radius 1 is 1.29 bits per heavy atom. The standard InChI is InChI=1S/C20H23FN2O5/c21-14-3-1-2-4-17(14)28-18-7-12-9-23(11-20(12,27)19(18)26)10-16(25)15-6-5-13(24)8-22-15/h1-6,8,12,16,18-19,24-27H,7,9-11H2/t12-,16+,18+,19+,20-/m0/s1. The lowest BCUT2D eigenvalue weighted by molar-refractivity contribution is -0.0879. The Labute approximate surface area is 161 Å². The summed E-state index contributed by atoms with van der Waals surface area (Å²) in [5.41, 5.74) is -0.957. The third kappa shape index (κ3) is 3.44. The Morgan fingerprint density at radius 2 is 2.07 bits per heavy atom. The molecule has 0 radical (unpaired) electrons. The lowest BCUT2D eigenvalue weighted by Crippen LogP contribution is -2.49. The van der Waals surface area contributed by atoms with Crippen LogP contribution >= 0.6 is 0 Å². The molecule has 150 valence electrons. The highest BCUT2D eigenvalue weighted by atomic mass is 19.1. The molecule has 0 amide bonds. The molecule has 1 aromatic carbocycles. The van der Waals surface area contributed by atoms with Gasteiger partial charge in [0.1, 0.15) is 29.7 Å². The summed E-state index contributed by atoms with van der Waals surface area (Å²) >= 11 is 0. The van der Waals surface area contributed by atoms with Crippen LogP contribution in [0, 0.1) is 11.7 Å². The first kappa shape index (κ1) is 19.1. The zero-order valence-electron chi connectivity index (χ0n) is 15.1. The number of benzene rings is 1. The zero-order valence-corrected chi connectivity index (χ0v) is 15.1. The van der Waals surface area contributed by atoms with Crippen LogP contribution in [-0.4, -0.2) is 67.8 Å². The predicted molar refractivity (Wildman–Crippen MR) is 97.2 cm³/mol. The van der Waals surface area contributed by atoms with Crippen LogP contribution in [0.3, 0.4) is 0 Å². The largest absolute Gasteiger partial charge is 0.506 e. The van der Waals surface area contributed by atoms with Crippen molar-refractivity contribution in [2.24, 2.45) is 5.92 Å². The summed E-state index contributed by atoms with van der Waals surface area (Å²) in [5.74, 6) is -0.685. The Morgan fingerprint density at radius 3 is 2.75 bits per heavy atom. The van der Waals surface area contributed by atoms with E-state index in [4.69, 9.17) is 4.74 Å². The SMILES string of the molecule is Oc1ccc([C@H](O)CN2C[C@@H]3C[C@@H](Oc4ccccc4F)[C@@H](O)[C@]3(O)C2)nc1. The van der Waals surface area contributed by atoms with Crippen LogP contribution in [0.4, 0.5) is 4.39 Å². The minimum atomic E-state index is -1.38. The van der Waals surface area contributed by atoms with Crippen molar-refractivity contribution in [3.63, 3.8) is 0 Å². The summed E-state index contributed by atoms with van der Waals surface area (Å²) < 4.78 is 19.5. The molecule has 28 heavy (non-hydrogen) atoms. The fourth-order valence-corrected chi connectivity index (χ4v) is 4.25. The van der Waals surface area contributed by atoms with Gasteiger partial charge in [0.2, 0.25) is 0 Å². The molecule has 0 spiro atoms. The molecule has 5 atom stereocenters. The number of hydrogen-bond acceptors (Lipinski definition) is 7. The Hall–Kier alpha value is -2.26. The second-order valence-electron chi connectivity index (χ2n) is 7.61. The van der Waals surface area contributed by atoms with Gasteiger partial charge in [-0.2, -0.15) is 0 Å². The van der Waals surface area contributed by atoms with Gasteiger partial charge in [-0.1, -0.05) is 12.1 Å². The summed E-state index contributed by atoms with van der Waals surface area (Å²) in [4.78, 5) is 5.87. The van der Waals surface area contributed by atoms with Gasteiger partial charge in [-0.25, -0.2) is 4.39 Å². The first-order valence-electron chi connectivity index (χ1n) is 9.24. The number of β-amino-alcohol motifs (C(OH)–C–C–N with tert-alkyl or cyclic N) is 2. The number of aliphatic hydroxyl groups is 3. The smallest absolute Gasteiger partial charge is 0.165 e. The highest BCUT2D eigenvalue weighted by Gasteiger charge is 2.59. The van der Waals surface area contributed by atoms with E-state index in [1.807, 2.05) is 4.90 Å². The van der Waals surface area contributed by atoms with Crippen LogP contribution in [0.2, 0.25) is 0 Å². The number of para-hydroxylation sites is 1. The van der Waals surface area contributed by atoms with Crippen molar-refractivity contribution in [1.82, 2.24) is 9.88 Å². The molecular formula is C20H23FN2O5. The monoisotopic (exact) mass is 390 g/mol. The number of aliphatic hydroxyl groups excluding tert-OH is 2. The number of hydrogen-bond donors (Lipinski definition) is 4. The van der Waals surface area contributed by atoms with Crippen LogP contribution in [0.1, 0.15) is 18.2 Å². The first-order valence-corrected chi connectivity index (χ1v) is 9.24. The highest BCUT2D eigenvalue weighted by molar-refractivity contribution is 5.25. The fraction of sp³-hybridized carbons (Fsp3) is 0.450. The van der Waals surface area contributed by atoms with Crippen molar-refractivity contribution in [2.75, 3.05) is 19.6 Å². The molecule has 0 unspecified atom stereocenters. The number of aromatic hydroxyl groups is 1. The van der Waals surface area contributed by atoms with E-state index >= 15 is 0 Å². The van der Waals surface area contributed by atoms with Gasteiger partial charge in [0, 0.05) is 25.6 Å². The van der Waals surface area contributed by atoms with Gasteiger partial charge >= 0.3 is 0 Å². The summed E-state index contributed by atoms with van der Waals surface area (Å²) in [5, 5.41) is 41.3. The second kappa shape index (κ2) is 7.29. The van der Waals surface area contributed by atoms with Gasteiger partial charge in [-0.05, 0) is 30.7 Å². The maximum Gasteiger partial charge on any atom is 0.165 e. The topological polar surface area (TPSA) is 106 Å².